The predicted molar refractivity (Wildman–Crippen MR) is 85.6 cm³/mol. The van der Waals surface area contributed by atoms with Gasteiger partial charge in [-0.2, -0.15) is 0 Å². The van der Waals surface area contributed by atoms with E-state index in [0.29, 0.717) is 5.92 Å². The van der Waals surface area contributed by atoms with Crippen LogP contribution in [0.25, 0.3) is 0 Å². The normalized spacial score (nSPS) is 12.4. The van der Waals surface area contributed by atoms with Gasteiger partial charge < -0.3 is 0 Å². The lowest BCUT2D eigenvalue weighted by atomic mass is 9.93. The first-order chi connectivity index (χ1) is 8.69. The van der Waals surface area contributed by atoms with Crippen molar-refractivity contribution in [2.24, 2.45) is 0 Å². The molecule has 0 nitrogen and oxygen atoms in total. The van der Waals surface area contributed by atoms with Crippen molar-refractivity contribution in [2.45, 2.75) is 19.3 Å². The maximum atomic E-state index is 3.63. The summed E-state index contributed by atoms with van der Waals surface area (Å²) in [6.07, 6.45) is 1.07. The Morgan fingerprint density at radius 2 is 1.78 bits per heavy atom. The second-order valence-corrected chi connectivity index (χ2v) is 6.16. The van der Waals surface area contributed by atoms with Gasteiger partial charge in [0.05, 0.1) is 0 Å². The lowest BCUT2D eigenvalue weighted by Gasteiger charge is -2.15. The Bertz CT molecular complexity index is 503. The Hall–Kier alpha value is -0.600. The molecule has 0 aliphatic heterocycles. The van der Waals surface area contributed by atoms with E-state index < -0.39 is 0 Å². The second kappa shape index (κ2) is 6.53. The van der Waals surface area contributed by atoms with E-state index in [2.05, 4.69) is 87.3 Å². The van der Waals surface area contributed by atoms with E-state index in [4.69, 9.17) is 0 Å². The fourth-order valence-electron chi connectivity index (χ4n) is 2.03. The molecule has 0 bridgehead atoms. The van der Waals surface area contributed by atoms with Crippen LogP contribution in [0.1, 0.15) is 22.6 Å². The largest absolute Gasteiger partial charge is 0.0921 e. The molecule has 1 atom stereocenters. The summed E-state index contributed by atoms with van der Waals surface area (Å²) < 4.78 is 1.15. The van der Waals surface area contributed by atoms with Gasteiger partial charge in [-0.3, -0.25) is 0 Å². The van der Waals surface area contributed by atoms with Crippen LogP contribution in [0.4, 0.5) is 0 Å². The number of alkyl halides is 1. The first kappa shape index (κ1) is 13.8. The third-order valence-electron chi connectivity index (χ3n) is 3.11. The SMILES string of the molecule is Cc1ccc(CC(CBr)c2cccc(Br)c2)cc1. The molecular formula is C16H16Br2. The monoisotopic (exact) mass is 366 g/mol. The van der Waals surface area contributed by atoms with E-state index in [1.165, 1.54) is 16.7 Å². The summed E-state index contributed by atoms with van der Waals surface area (Å²) in [4.78, 5) is 0. The van der Waals surface area contributed by atoms with Gasteiger partial charge in [0.15, 0.2) is 0 Å². The number of hydrogen-bond donors (Lipinski definition) is 0. The van der Waals surface area contributed by atoms with Crippen LogP contribution in [0.2, 0.25) is 0 Å². The third-order valence-corrected chi connectivity index (χ3v) is 4.38. The van der Waals surface area contributed by atoms with E-state index >= 15 is 0 Å². The van der Waals surface area contributed by atoms with Crippen molar-refractivity contribution >= 4 is 31.9 Å². The van der Waals surface area contributed by atoms with Crippen LogP contribution >= 0.6 is 31.9 Å². The molecule has 2 rings (SSSR count). The molecule has 1 unspecified atom stereocenters. The molecule has 0 aliphatic rings. The molecule has 0 aromatic heterocycles. The maximum Gasteiger partial charge on any atom is 0.0178 e. The first-order valence-corrected chi connectivity index (χ1v) is 7.97. The Morgan fingerprint density at radius 3 is 2.39 bits per heavy atom. The molecule has 0 heterocycles. The van der Waals surface area contributed by atoms with Crippen molar-refractivity contribution in [2.75, 3.05) is 5.33 Å². The molecule has 0 saturated heterocycles. The van der Waals surface area contributed by atoms with Crippen molar-refractivity contribution in [1.29, 1.82) is 0 Å². The minimum Gasteiger partial charge on any atom is -0.0921 e. The minimum absolute atomic E-state index is 0.519. The van der Waals surface area contributed by atoms with E-state index in [1.807, 2.05) is 0 Å². The molecule has 2 aromatic carbocycles. The van der Waals surface area contributed by atoms with E-state index in [1.54, 1.807) is 0 Å². The van der Waals surface area contributed by atoms with Gasteiger partial charge in [0, 0.05) is 9.80 Å². The molecule has 94 valence electrons. The molecule has 18 heavy (non-hydrogen) atoms. The molecule has 2 aromatic rings. The molecule has 0 spiro atoms. The zero-order valence-electron chi connectivity index (χ0n) is 10.4. The summed E-state index contributed by atoms with van der Waals surface area (Å²) in [5.74, 6) is 0.519. The van der Waals surface area contributed by atoms with Crippen LogP contribution in [-0.4, -0.2) is 5.33 Å². The standard InChI is InChI=1S/C16H16Br2/c1-12-5-7-13(8-6-12)9-15(11-17)14-3-2-4-16(18)10-14/h2-8,10,15H,9,11H2,1H3. The summed E-state index contributed by atoms with van der Waals surface area (Å²) in [6, 6.07) is 17.4. The van der Waals surface area contributed by atoms with Crippen LogP contribution in [0.5, 0.6) is 0 Å². The first-order valence-electron chi connectivity index (χ1n) is 6.06. The maximum absolute atomic E-state index is 3.63. The fourth-order valence-corrected chi connectivity index (χ4v) is 3.05. The van der Waals surface area contributed by atoms with Crippen LogP contribution in [0, 0.1) is 6.92 Å². The quantitative estimate of drug-likeness (QED) is 0.627. The van der Waals surface area contributed by atoms with Gasteiger partial charge in [-0.05, 0) is 42.5 Å². The second-order valence-electron chi connectivity index (χ2n) is 4.60. The highest BCUT2D eigenvalue weighted by Gasteiger charge is 2.11. The van der Waals surface area contributed by atoms with Crippen molar-refractivity contribution in [1.82, 2.24) is 0 Å². The van der Waals surface area contributed by atoms with Crippen LogP contribution in [-0.2, 0) is 6.42 Å². The molecule has 0 radical (unpaired) electrons. The van der Waals surface area contributed by atoms with Crippen molar-refractivity contribution in [3.8, 4) is 0 Å². The van der Waals surface area contributed by atoms with Crippen molar-refractivity contribution < 1.29 is 0 Å². The Kier molecular flexibility index (Phi) is 5.02. The summed E-state index contributed by atoms with van der Waals surface area (Å²) >= 11 is 7.17. The number of hydrogen-bond acceptors (Lipinski definition) is 0. The smallest absolute Gasteiger partial charge is 0.0178 e. The number of halogens is 2. The van der Waals surface area contributed by atoms with E-state index in [9.17, 15) is 0 Å². The van der Waals surface area contributed by atoms with Gasteiger partial charge in [-0.1, -0.05) is 73.8 Å². The molecule has 0 aliphatic carbocycles. The van der Waals surface area contributed by atoms with Gasteiger partial charge in [-0.25, -0.2) is 0 Å². The van der Waals surface area contributed by atoms with E-state index in [-0.39, 0.29) is 0 Å². The Balaban J connectivity index is 2.17. The highest BCUT2D eigenvalue weighted by atomic mass is 79.9. The highest BCUT2D eigenvalue weighted by Crippen LogP contribution is 2.25. The topological polar surface area (TPSA) is 0 Å². The molecular weight excluding hydrogens is 352 g/mol. The fraction of sp³-hybridized carbons (Fsp3) is 0.250. The third kappa shape index (κ3) is 3.69. The zero-order valence-corrected chi connectivity index (χ0v) is 13.5. The predicted octanol–water partition coefficient (Wildman–Crippen LogP) is 5.48. The van der Waals surface area contributed by atoms with Gasteiger partial charge >= 0.3 is 0 Å². The lowest BCUT2D eigenvalue weighted by molar-refractivity contribution is 0.775. The van der Waals surface area contributed by atoms with Crippen molar-refractivity contribution in [3.05, 3.63) is 69.7 Å². The number of rotatable bonds is 4. The molecule has 2 heteroatoms. The Labute approximate surface area is 126 Å². The van der Waals surface area contributed by atoms with Gasteiger partial charge in [-0.15, -0.1) is 0 Å². The zero-order chi connectivity index (χ0) is 13.0. The van der Waals surface area contributed by atoms with Crippen LogP contribution in [0.3, 0.4) is 0 Å². The van der Waals surface area contributed by atoms with Crippen LogP contribution in [0.15, 0.2) is 53.0 Å². The average molecular weight is 368 g/mol. The summed E-state index contributed by atoms with van der Waals surface area (Å²) in [6.45, 7) is 2.13. The summed E-state index contributed by atoms with van der Waals surface area (Å²) in [5, 5.41) is 0.983. The van der Waals surface area contributed by atoms with Gasteiger partial charge in [0.2, 0.25) is 0 Å². The Morgan fingerprint density at radius 1 is 1.06 bits per heavy atom. The molecule has 0 saturated carbocycles. The molecule has 0 fully saturated rings. The summed E-state index contributed by atoms with van der Waals surface area (Å²) in [7, 11) is 0. The molecule has 0 amide bonds. The highest BCUT2D eigenvalue weighted by molar-refractivity contribution is 9.10. The summed E-state index contributed by atoms with van der Waals surface area (Å²) in [5.41, 5.74) is 4.09. The lowest BCUT2D eigenvalue weighted by Crippen LogP contribution is -2.04. The van der Waals surface area contributed by atoms with E-state index in [0.717, 1.165) is 16.2 Å². The number of aryl methyl sites for hydroxylation is 1. The minimum atomic E-state index is 0.519. The average Bonchev–Trinajstić information content (AvgIpc) is 2.38. The van der Waals surface area contributed by atoms with Gasteiger partial charge in [0.25, 0.3) is 0 Å². The van der Waals surface area contributed by atoms with Gasteiger partial charge in [0.1, 0.15) is 0 Å². The molecule has 0 N–H and O–H groups in total. The van der Waals surface area contributed by atoms with Crippen LogP contribution < -0.4 is 0 Å². The number of benzene rings is 2. The van der Waals surface area contributed by atoms with Crippen molar-refractivity contribution in [3.63, 3.8) is 0 Å².